The maximum Gasteiger partial charge on any atom is 0.341 e. The SMILES string of the molecule is CCC(C)(C)NC(=S)Nc1sc2c(c1C(=O)OC)CCC2. The summed E-state index contributed by atoms with van der Waals surface area (Å²) in [7, 11) is 1.42. The minimum absolute atomic E-state index is 0.0739. The van der Waals surface area contributed by atoms with Gasteiger partial charge in [-0.15, -0.1) is 11.3 Å². The molecule has 0 saturated heterocycles. The summed E-state index contributed by atoms with van der Waals surface area (Å²) in [6.07, 6.45) is 4.04. The number of carbonyl (C=O) groups is 1. The second-order valence-electron chi connectivity index (χ2n) is 5.87. The third-order valence-electron chi connectivity index (χ3n) is 3.87. The van der Waals surface area contributed by atoms with Gasteiger partial charge in [0.25, 0.3) is 0 Å². The number of carbonyl (C=O) groups excluding carboxylic acids is 1. The van der Waals surface area contributed by atoms with Gasteiger partial charge in [0.05, 0.1) is 12.7 Å². The van der Waals surface area contributed by atoms with Crippen molar-refractivity contribution < 1.29 is 9.53 Å². The summed E-state index contributed by atoms with van der Waals surface area (Å²) >= 11 is 6.99. The van der Waals surface area contributed by atoms with E-state index in [0.29, 0.717) is 10.7 Å². The molecule has 0 bridgehead atoms. The zero-order valence-electron chi connectivity index (χ0n) is 13.0. The summed E-state index contributed by atoms with van der Waals surface area (Å²) in [6, 6.07) is 0. The number of methoxy groups -OCH3 is 1. The molecule has 0 unspecified atom stereocenters. The fraction of sp³-hybridized carbons (Fsp3) is 0.600. The number of hydrogen-bond acceptors (Lipinski definition) is 4. The maximum absolute atomic E-state index is 12.1. The van der Waals surface area contributed by atoms with E-state index in [1.54, 1.807) is 11.3 Å². The number of rotatable bonds is 4. The summed E-state index contributed by atoms with van der Waals surface area (Å²) in [5.41, 5.74) is 1.72. The summed E-state index contributed by atoms with van der Waals surface area (Å²) in [6.45, 7) is 6.29. The predicted molar refractivity (Wildman–Crippen MR) is 91.4 cm³/mol. The zero-order valence-corrected chi connectivity index (χ0v) is 14.6. The van der Waals surface area contributed by atoms with E-state index in [0.717, 1.165) is 36.2 Å². The fourth-order valence-electron chi connectivity index (χ4n) is 2.34. The van der Waals surface area contributed by atoms with Crippen LogP contribution >= 0.6 is 23.6 Å². The Labute approximate surface area is 135 Å². The number of nitrogens with one attached hydrogen (secondary N) is 2. The van der Waals surface area contributed by atoms with Crippen LogP contribution in [0, 0.1) is 0 Å². The highest BCUT2D eigenvalue weighted by Gasteiger charge is 2.28. The molecule has 1 aliphatic rings. The predicted octanol–water partition coefficient (Wildman–Crippen LogP) is 3.50. The lowest BCUT2D eigenvalue weighted by molar-refractivity contribution is 0.0601. The molecule has 4 nitrogen and oxygen atoms in total. The van der Waals surface area contributed by atoms with Crippen LogP contribution in [-0.4, -0.2) is 23.7 Å². The molecule has 0 atom stereocenters. The first-order valence-corrected chi connectivity index (χ1v) is 8.42. The van der Waals surface area contributed by atoms with Gasteiger partial charge in [0.2, 0.25) is 0 Å². The van der Waals surface area contributed by atoms with E-state index >= 15 is 0 Å². The summed E-state index contributed by atoms with van der Waals surface area (Å²) in [4.78, 5) is 13.3. The van der Waals surface area contributed by atoms with Crippen molar-refractivity contribution in [2.45, 2.75) is 52.0 Å². The molecule has 0 fully saturated rings. The Morgan fingerprint density at radius 2 is 2.14 bits per heavy atom. The first kappa shape index (κ1) is 16.2. The molecular weight excluding hydrogens is 304 g/mol. The molecule has 0 radical (unpaired) electrons. The second kappa shape index (κ2) is 6.32. The quantitative estimate of drug-likeness (QED) is 0.655. The van der Waals surface area contributed by atoms with Crippen LogP contribution in [0.2, 0.25) is 0 Å². The highest BCUT2D eigenvalue weighted by molar-refractivity contribution is 7.80. The number of hydrogen-bond donors (Lipinski definition) is 2. The summed E-state index contributed by atoms with van der Waals surface area (Å²) in [5.74, 6) is -0.283. The Morgan fingerprint density at radius 1 is 1.43 bits per heavy atom. The van der Waals surface area contributed by atoms with Gasteiger partial charge in [-0.2, -0.15) is 0 Å². The van der Waals surface area contributed by atoms with Gasteiger partial charge in [-0.1, -0.05) is 6.92 Å². The minimum Gasteiger partial charge on any atom is -0.465 e. The van der Waals surface area contributed by atoms with Crippen LogP contribution in [0.15, 0.2) is 0 Å². The largest absolute Gasteiger partial charge is 0.465 e. The van der Waals surface area contributed by atoms with Gasteiger partial charge in [0.1, 0.15) is 5.00 Å². The van der Waals surface area contributed by atoms with E-state index in [9.17, 15) is 4.79 Å². The average Bonchev–Trinajstić information content (AvgIpc) is 2.97. The van der Waals surface area contributed by atoms with Gasteiger partial charge in [-0.3, -0.25) is 0 Å². The van der Waals surface area contributed by atoms with Crippen molar-refractivity contribution in [1.82, 2.24) is 5.32 Å². The lowest BCUT2D eigenvalue weighted by Gasteiger charge is -2.26. The second-order valence-corrected chi connectivity index (χ2v) is 7.38. The Kier molecular flexibility index (Phi) is 4.88. The van der Waals surface area contributed by atoms with Crippen LogP contribution in [0.3, 0.4) is 0 Å². The van der Waals surface area contributed by atoms with E-state index in [4.69, 9.17) is 17.0 Å². The topological polar surface area (TPSA) is 50.4 Å². The molecule has 21 heavy (non-hydrogen) atoms. The molecule has 2 rings (SSSR count). The lowest BCUT2D eigenvalue weighted by atomic mass is 10.0. The van der Waals surface area contributed by atoms with E-state index in [2.05, 4.69) is 31.4 Å². The van der Waals surface area contributed by atoms with Crippen molar-refractivity contribution in [3.63, 3.8) is 0 Å². The Hall–Kier alpha value is -1.14. The van der Waals surface area contributed by atoms with Crippen molar-refractivity contribution in [2.75, 3.05) is 12.4 Å². The standard InChI is InChI=1S/C15H22N2O2S2/c1-5-15(2,3)17-14(20)16-12-11(13(18)19-4)9-7-6-8-10(9)21-12/h5-8H2,1-4H3,(H2,16,17,20). The van der Waals surface area contributed by atoms with E-state index < -0.39 is 0 Å². The smallest absolute Gasteiger partial charge is 0.341 e. The molecule has 1 aromatic heterocycles. The highest BCUT2D eigenvalue weighted by Crippen LogP contribution is 2.39. The van der Waals surface area contributed by atoms with Crippen LogP contribution in [0.5, 0.6) is 0 Å². The molecule has 0 aromatic carbocycles. The van der Waals surface area contributed by atoms with Crippen molar-refractivity contribution in [1.29, 1.82) is 0 Å². The number of thiocarbonyl (C=S) groups is 1. The van der Waals surface area contributed by atoms with Crippen LogP contribution in [0.1, 0.15) is 54.4 Å². The first-order chi connectivity index (χ1) is 9.88. The lowest BCUT2D eigenvalue weighted by Crippen LogP contribution is -2.44. The fourth-order valence-corrected chi connectivity index (χ4v) is 4.07. The van der Waals surface area contributed by atoms with Gasteiger partial charge in [0, 0.05) is 10.4 Å². The van der Waals surface area contributed by atoms with Gasteiger partial charge < -0.3 is 15.4 Å². The highest BCUT2D eigenvalue weighted by atomic mass is 32.1. The summed E-state index contributed by atoms with van der Waals surface area (Å²) in [5, 5.41) is 7.81. The molecule has 6 heteroatoms. The van der Waals surface area contributed by atoms with Crippen molar-refractivity contribution >= 4 is 39.6 Å². The molecule has 1 aliphatic carbocycles. The number of fused-ring (bicyclic) bond motifs is 1. The monoisotopic (exact) mass is 326 g/mol. The minimum atomic E-state index is -0.283. The molecule has 0 aliphatic heterocycles. The van der Waals surface area contributed by atoms with E-state index in [-0.39, 0.29) is 11.5 Å². The van der Waals surface area contributed by atoms with Crippen molar-refractivity contribution in [3.8, 4) is 0 Å². The van der Waals surface area contributed by atoms with E-state index in [1.165, 1.54) is 12.0 Å². The molecule has 116 valence electrons. The number of thiophene rings is 1. The van der Waals surface area contributed by atoms with Crippen LogP contribution in [0.4, 0.5) is 5.00 Å². The van der Waals surface area contributed by atoms with Crippen LogP contribution in [-0.2, 0) is 17.6 Å². The van der Waals surface area contributed by atoms with E-state index in [1.807, 2.05) is 0 Å². The summed E-state index contributed by atoms with van der Waals surface area (Å²) < 4.78 is 4.93. The van der Waals surface area contributed by atoms with Crippen molar-refractivity contribution in [2.24, 2.45) is 0 Å². The maximum atomic E-state index is 12.1. The zero-order chi connectivity index (χ0) is 15.6. The Morgan fingerprint density at radius 3 is 2.76 bits per heavy atom. The normalized spacial score (nSPS) is 13.7. The van der Waals surface area contributed by atoms with Gasteiger partial charge in [0.15, 0.2) is 5.11 Å². The molecule has 0 spiro atoms. The number of aryl methyl sites for hydroxylation is 1. The van der Waals surface area contributed by atoms with Gasteiger partial charge >= 0.3 is 5.97 Å². The third kappa shape index (κ3) is 3.55. The number of esters is 1. The van der Waals surface area contributed by atoms with Crippen LogP contribution in [0.25, 0.3) is 0 Å². The average molecular weight is 326 g/mol. The Balaban J connectivity index is 2.21. The van der Waals surface area contributed by atoms with Crippen LogP contribution < -0.4 is 10.6 Å². The van der Waals surface area contributed by atoms with Gasteiger partial charge in [-0.05, 0) is 57.3 Å². The van der Waals surface area contributed by atoms with Crippen molar-refractivity contribution in [3.05, 3.63) is 16.0 Å². The molecule has 0 amide bonds. The number of ether oxygens (including phenoxy) is 1. The number of anilines is 1. The van der Waals surface area contributed by atoms with Gasteiger partial charge in [-0.25, -0.2) is 4.79 Å². The molecular formula is C15H22N2O2S2. The first-order valence-electron chi connectivity index (χ1n) is 7.20. The third-order valence-corrected chi connectivity index (χ3v) is 5.29. The molecule has 1 heterocycles. The molecule has 2 N–H and O–H groups in total. The molecule has 1 aromatic rings. The molecule has 0 saturated carbocycles. The Bertz CT molecular complexity index is 564.